The quantitative estimate of drug-likeness (QED) is 0.521. The Labute approximate surface area is 154 Å². The second-order valence-corrected chi connectivity index (χ2v) is 7.10. The second-order valence-electron chi connectivity index (χ2n) is 5.46. The van der Waals surface area contributed by atoms with Crippen LogP contribution in [0.4, 0.5) is 5.69 Å². The topological polar surface area (TPSA) is 65.8 Å². The van der Waals surface area contributed by atoms with Gasteiger partial charge in [0.2, 0.25) is 0 Å². The lowest BCUT2D eigenvalue weighted by atomic mass is 10.1. The molecule has 0 atom stereocenters. The molecule has 0 bridgehead atoms. The highest BCUT2D eigenvalue weighted by Gasteiger charge is 2.13. The van der Waals surface area contributed by atoms with Gasteiger partial charge in [0.1, 0.15) is 16.6 Å². The Morgan fingerprint density at radius 3 is 2.84 bits per heavy atom. The molecular formula is C19H15N3OS2. The minimum Gasteiger partial charge on any atom is -0.321 e. The van der Waals surface area contributed by atoms with E-state index in [0.717, 1.165) is 21.7 Å². The average molecular weight is 365 g/mol. The first-order valence-corrected chi connectivity index (χ1v) is 9.38. The summed E-state index contributed by atoms with van der Waals surface area (Å²) in [6.07, 6.45) is 1.52. The van der Waals surface area contributed by atoms with Crippen LogP contribution < -0.4 is 5.32 Å². The van der Waals surface area contributed by atoms with Gasteiger partial charge in [0, 0.05) is 22.0 Å². The van der Waals surface area contributed by atoms with Crippen molar-refractivity contribution >= 4 is 40.3 Å². The summed E-state index contributed by atoms with van der Waals surface area (Å²) in [5.74, 6) is -0.429. The number of nitriles is 1. The standard InChI is InChI=1S/C19H15N3OS2/c1-12-4-3-5-17(13(12)2)22-18(23)15(9-20)8-16-11-25-19(21-16)14-6-7-24-10-14/h3-8,10-11H,1-2H3,(H,22,23). The number of carbonyl (C=O) groups excluding carboxylic acids is 1. The van der Waals surface area contributed by atoms with Crippen LogP contribution in [0.25, 0.3) is 16.6 Å². The smallest absolute Gasteiger partial charge is 0.266 e. The SMILES string of the molecule is Cc1cccc(NC(=O)C(C#N)=Cc2csc(-c3ccsc3)n2)c1C. The van der Waals surface area contributed by atoms with Crippen molar-refractivity contribution in [3.8, 4) is 16.6 Å². The molecule has 3 aromatic rings. The van der Waals surface area contributed by atoms with E-state index in [1.807, 2.05) is 60.3 Å². The van der Waals surface area contributed by atoms with E-state index in [0.29, 0.717) is 11.4 Å². The van der Waals surface area contributed by atoms with E-state index in [1.165, 1.54) is 17.4 Å². The number of anilines is 1. The Bertz CT molecular complexity index is 979. The predicted molar refractivity (Wildman–Crippen MR) is 104 cm³/mol. The monoisotopic (exact) mass is 365 g/mol. The van der Waals surface area contributed by atoms with Gasteiger partial charge in [-0.05, 0) is 48.6 Å². The number of nitrogens with one attached hydrogen (secondary N) is 1. The number of hydrogen-bond donors (Lipinski definition) is 1. The highest BCUT2D eigenvalue weighted by atomic mass is 32.1. The molecule has 6 heteroatoms. The maximum atomic E-state index is 12.4. The van der Waals surface area contributed by atoms with Crippen molar-refractivity contribution in [1.82, 2.24) is 4.98 Å². The fourth-order valence-electron chi connectivity index (χ4n) is 2.24. The zero-order valence-corrected chi connectivity index (χ0v) is 15.4. The summed E-state index contributed by atoms with van der Waals surface area (Å²) in [4.78, 5) is 16.9. The summed E-state index contributed by atoms with van der Waals surface area (Å²) in [6.45, 7) is 3.92. The van der Waals surface area contributed by atoms with Gasteiger partial charge in [0.25, 0.3) is 5.91 Å². The van der Waals surface area contributed by atoms with Gasteiger partial charge in [-0.2, -0.15) is 16.6 Å². The summed E-state index contributed by atoms with van der Waals surface area (Å²) >= 11 is 3.10. The normalized spacial score (nSPS) is 11.2. The summed E-state index contributed by atoms with van der Waals surface area (Å²) in [5.41, 5.74) is 4.47. The molecule has 0 radical (unpaired) electrons. The van der Waals surface area contributed by atoms with Gasteiger partial charge in [0.15, 0.2) is 0 Å². The molecule has 0 saturated heterocycles. The van der Waals surface area contributed by atoms with E-state index in [9.17, 15) is 10.1 Å². The molecule has 2 heterocycles. The van der Waals surface area contributed by atoms with Crippen LogP contribution in [0.1, 0.15) is 16.8 Å². The second kappa shape index (κ2) is 7.43. The van der Waals surface area contributed by atoms with Crippen LogP contribution >= 0.6 is 22.7 Å². The third-order valence-corrected chi connectivity index (χ3v) is 5.39. The van der Waals surface area contributed by atoms with E-state index < -0.39 is 5.91 Å². The number of amides is 1. The Kier molecular flexibility index (Phi) is 5.08. The lowest BCUT2D eigenvalue weighted by Crippen LogP contribution is -2.14. The number of nitrogens with zero attached hydrogens (tertiary/aromatic N) is 2. The fraction of sp³-hybridized carbons (Fsp3) is 0.105. The van der Waals surface area contributed by atoms with Gasteiger partial charge in [0.05, 0.1) is 5.69 Å². The van der Waals surface area contributed by atoms with Gasteiger partial charge in [-0.1, -0.05) is 12.1 Å². The molecule has 124 valence electrons. The Hall–Kier alpha value is -2.75. The maximum absolute atomic E-state index is 12.4. The van der Waals surface area contributed by atoms with Crippen molar-refractivity contribution < 1.29 is 4.79 Å². The fourth-order valence-corrected chi connectivity index (χ4v) is 3.73. The Morgan fingerprint density at radius 2 is 2.12 bits per heavy atom. The first-order valence-electron chi connectivity index (χ1n) is 7.56. The number of hydrogen-bond acceptors (Lipinski definition) is 5. The lowest BCUT2D eigenvalue weighted by molar-refractivity contribution is -0.112. The average Bonchev–Trinajstić information content (AvgIpc) is 3.27. The van der Waals surface area contributed by atoms with Crippen molar-refractivity contribution in [3.05, 3.63) is 62.8 Å². The van der Waals surface area contributed by atoms with Gasteiger partial charge >= 0.3 is 0 Å². The van der Waals surface area contributed by atoms with Crippen LogP contribution in [0.15, 0.2) is 46.0 Å². The summed E-state index contributed by atoms with van der Waals surface area (Å²) in [6, 6.07) is 9.64. The van der Waals surface area contributed by atoms with E-state index in [-0.39, 0.29) is 5.57 Å². The van der Waals surface area contributed by atoms with Crippen LogP contribution in [0, 0.1) is 25.2 Å². The van der Waals surface area contributed by atoms with Crippen LogP contribution in [-0.4, -0.2) is 10.9 Å². The van der Waals surface area contributed by atoms with Gasteiger partial charge in [-0.15, -0.1) is 11.3 Å². The van der Waals surface area contributed by atoms with Crippen LogP contribution in [-0.2, 0) is 4.79 Å². The predicted octanol–water partition coefficient (Wildman–Crippen LogP) is 5.03. The van der Waals surface area contributed by atoms with Crippen molar-refractivity contribution in [1.29, 1.82) is 5.26 Å². The molecule has 0 aliphatic carbocycles. The molecule has 0 aliphatic rings. The summed E-state index contributed by atoms with van der Waals surface area (Å²) < 4.78 is 0. The molecule has 0 unspecified atom stereocenters. The van der Waals surface area contributed by atoms with Crippen LogP contribution in [0.5, 0.6) is 0 Å². The van der Waals surface area contributed by atoms with Crippen molar-refractivity contribution in [2.75, 3.05) is 5.32 Å². The number of aromatic nitrogens is 1. The number of thiazole rings is 1. The molecular weight excluding hydrogens is 350 g/mol. The van der Waals surface area contributed by atoms with Gasteiger partial charge in [-0.3, -0.25) is 4.79 Å². The molecule has 0 aliphatic heterocycles. The first kappa shape index (κ1) is 17.1. The van der Waals surface area contributed by atoms with E-state index in [4.69, 9.17) is 0 Å². The zero-order valence-electron chi connectivity index (χ0n) is 13.7. The molecule has 4 nitrogen and oxygen atoms in total. The summed E-state index contributed by atoms with van der Waals surface area (Å²) in [5, 5.41) is 18.9. The maximum Gasteiger partial charge on any atom is 0.266 e. The number of carbonyl (C=O) groups is 1. The van der Waals surface area contributed by atoms with Gasteiger partial charge in [-0.25, -0.2) is 4.98 Å². The molecule has 1 amide bonds. The van der Waals surface area contributed by atoms with E-state index in [1.54, 1.807) is 11.3 Å². The Morgan fingerprint density at radius 1 is 1.28 bits per heavy atom. The van der Waals surface area contributed by atoms with E-state index in [2.05, 4.69) is 10.3 Å². The minimum absolute atomic E-state index is 0.0306. The van der Waals surface area contributed by atoms with Crippen LogP contribution in [0.3, 0.4) is 0 Å². The first-order chi connectivity index (χ1) is 12.1. The molecule has 0 fully saturated rings. The highest BCUT2D eigenvalue weighted by Crippen LogP contribution is 2.26. The zero-order chi connectivity index (χ0) is 17.8. The number of aryl methyl sites for hydroxylation is 1. The van der Waals surface area contributed by atoms with Crippen LogP contribution in [0.2, 0.25) is 0 Å². The lowest BCUT2D eigenvalue weighted by Gasteiger charge is -2.09. The molecule has 3 rings (SSSR count). The van der Waals surface area contributed by atoms with Crippen molar-refractivity contribution in [3.63, 3.8) is 0 Å². The highest BCUT2D eigenvalue weighted by molar-refractivity contribution is 7.14. The number of rotatable bonds is 4. The third-order valence-electron chi connectivity index (χ3n) is 3.80. The Balaban J connectivity index is 1.82. The molecule has 1 aromatic carbocycles. The molecule has 1 N–H and O–H groups in total. The minimum atomic E-state index is -0.429. The number of benzene rings is 1. The van der Waals surface area contributed by atoms with Crippen molar-refractivity contribution in [2.24, 2.45) is 0 Å². The molecule has 2 aromatic heterocycles. The molecule has 0 spiro atoms. The molecule has 0 saturated carbocycles. The largest absolute Gasteiger partial charge is 0.321 e. The third kappa shape index (κ3) is 3.85. The van der Waals surface area contributed by atoms with Gasteiger partial charge < -0.3 is 5.32 Å². The molecule has 25 heavy (non-hydrogen) atoms. The summed E-state index contributed by atoms with van der Waals surface area (Å²) in [7, 11) is 0. The van der Waals surface area contributed by atoms with E-state index >= 15 is 0 Å². The number of thiophene rings is 1. The van der Waals surface area contributed by atoms with Crippen molar-refractivity contribution in [2.45, 2.75) is 13.8 Å².